The van der Waals surface area contributed by atoms with E-state index >= 15 is 0 Å². The Hall–Kier alpha value is -1.99. The smallest absolute Gasteiger partial charge is 0.305 e. The highest BCUT2D eigenvalue weighted by Gasteiger charge is 2.51. The average Bonchev–Trinajstić information content (AvgIpc) is 2.67. The lowest BCUT2D eigenvalue weighted by Crippen LogP contribution is -2.67. The van der Waals surface area contributed by atoms with Crippen molar-refractivity contribution >= 4 is 24.7 Å². The van der Waals surface area contributed by atoms with Crippen LogP contribution < -0.4 is 10.4 Å². The highest BCUT2D eigenvalue weighted by atomic mass is 28.4. The van der Waals surface area contributed by atoms with Crippen molar-refractivity contribution in [3.63, 3.8) is 0 Å². The van der Waals surface area contributed by atoms with Gasteiger partial charge in [0.05, 0.1) is 25.2 Å². The van der Waals surface area contributed by atoms with Crippen LogP contribution in [0.1, 0.15) is 47.5 Å². The molecule has 0 aliphatic carbocycles. The van der Waals surface area contributed by atoms with Gasteiger partial charge in [-0.2, -0.15) is 0 Å². The molecule has 0 saturated carbocycles. The summed E-state index contributed by atoms with van der Waals surface area (Å²) in [6, 6.07) is 20.9. The van der Waals surface area contributed by atoms with E-state index in [9.17, 15) is 9.90 Å². The molecule has 1 saturated heterocycles. The number of ether oxygens (including phenoxy) is 2. The van der Waals surface area contributed by atoms with Crippen LogP contribution in [0.4, 0.5) is 0 Å². The third-order valence-corrected chi connectivity index (χ3v) is 10.7. The zero-order chi connectivity index (χ0) is 22.7. The molecule has 1 fully saturated rings. The van der Waals surface area contributed by atoms with Crippen LogP contribution in [-0.2, 0) is 18.7 Å². The summed E-state index contributed by atoms with van der Waals surface area (Å²) >= 11 is 0. The summed E-state index contributed by atoms with van der Waals surface area (Å²) < 4.78 is 18.9. The molecule has 168 valence electrons. The Balaban J connectivity index is 1.95. The Morgan fingerprint density at radius 3 is 1.94 bits per heavy atom. The first kappa shape index (κ1) is 23.7. The van der Waals surface area contributed by atoms with Crippen molar-refractivity contribution in [2.75, 3.05) is 6.61 Å². The minimum atomic E-state index is -2.67. The van der Waals surface area contributed by atoms with Crippen LogP contribution in [0.2, 0.25) is 5.04 Å². The van der Waals surface area contributed by atoms with Gasteiger partial charge in [0, 0.05) is 6.42 Å². The van der Waals surface area contributed by atoms with Gasteiger partial charge in [0.2, 0.25) is 0 Å². The number of hydrogen-bond acceptors (Lipinski definition) is 4. The van der Waals surface area contributed by atoms with Gasteiger partial charge >= 0.3 is 5.97 Å². The van der Waals surface area contributed by atoms with Crippen LogP contribution >= 0.6 is 0 Å². The van der Waals surface area contributed by atoms with Crippen LogP contribution in [-0.4, -0.2) is 44.0 Å². The van der Waals surface area contributed by atoms with E-state index in [1.54, 1.807) is 0 Å². The van der Waals surface area contributed by atoms with E-state index in [0.29, 0.717) is 13.0 Å². The molecule has 3 rings (SSSR count). The molecule has 0 amide bonds. The third kappa shape index (κ3) is 5.44. The summed E-state index contributed by atoms with van der Waals surface area (Å²) in [6.45, 7) is 10.8. The van der Waals surface area contributed by atoms with Crippen LogP contribution in [0.3, 0.4) is 0 Å². The van der Waals surface area contributed by atoms with E-state index < -0.39 is 26.2 Å². The van der Waals surface area contributed by atoms with Gasteiger partial charge in [-0.1, -0.05) is 81.4 Å². The number of benzene rings is 2. The Morgan fingerprint density at radius 2 is 1.48 bits per heavy atom. The number of carbonyl (C=O) groups is 1. The van der Waals surface area contributed by atoms with Gasteiger partial charge in [0.25, 0.3) is 8.32 Å². The second kappa shape index (κ2) is 9.24. The molecule has 2 aromatic rings. The molecule has 2 aromatic carbocycles. The van der Waals surface area contributed by atoms with Gasteiger partial charge in [-0.25, -0.2) is 0 Å². The fraction of sp³-hybridized carbons (Fsp3) is 0.480. The molecule has 1 aliphatic rings. The van der Waals surface area contributed by atoms with Crippen LogP contribution in [0.5, 0.6) is 0 Å². The van der Waals surface area contributed by atoms with Crippen molar-refractivity contribution in [1.82, 2.24) is 0 Å². The van der Waals surface area contributed by atoms with Gasteiger partial charge in [-0.15, -0.1) is 0 Å². The predicted octanol–water partition coefficient (Wildman–Crippen LogP) is 3.95. The Labute approximate surface area is 186 Å². The topological polar surface area (TPSA) is 65.0 Å². The van der Waals surface area contributed by atoms with Gasteiger partial charge in [0.1, 0.15) is 0 Å². The minimum absolute atomic E-state index is 0.0392. The number of aliphatic carboxylic acids is 1. The van der Waals surface area contributed by atoms with E-state index in [1.807, 2.05) is 26.0 Å². The maximum Gasteiger partial charge on any atom is 0.305 e. The molecular formula is C25H34O5Si. The molecule has 1 heterocycles. The Kier molecular flexibility index (Phi) is 7.06. The fourth-order valence-corrected chi connectivity index (χ4v) is 9.21. The molecule has 0 aromatic heterocycles. The number of rotatable bonds is 7. The maximum atomic E-state index is 11.3. The zero-order valence-corrected chi connectivity index (χ0v) is 20.1. The molecule has 1 aliphatic heterocycles. The molecular weight excluding hydrogens is 408 g/mol. The van der Waals surface area contributed by atoms with Crippen molar-refractivity contribution in [3.05, 3.63) is 60.7 Å². The van der Waals surface area contributed by atoms with Crippen LogP contribution in [0.25, 0.3) is 0 Å². The van der Waals surface area contributed by atoms with E-state index in [1.165, 1.54) is 10.4 Å². The monoisotopic (exact) mass is 442 g/mol. The first-order chi connectivity index (χ1) is 14.5. The van der Waals surface area contributed by atoms with E-state index in [2.05, 4.69) is 69.3 Å². The second-order valence-electron chi connectivity index (χ2n) is 9.69. The fourth-order valence-electron chi connectivity index (χ4n) is 4.62. The number of carboxylic acid groups (broad SMARTS) is 1. The third-order valence-electron chi connectivity index (χ3n) is 5.73. The highest BCUT2D eigenvalue weighted by Crippen LogP contribution is 2.38. The van der Waals surface area contributed by atoms with Crippen LogP contribution in [0, 0.1) is 0 Å². The van der Waals surface area contributed by atoms with Crippen LogP contribution in [0.15, 0.2) is 60.7 Å². The predicted molar refractivity (Wildman–Crippen MR) is 124 cm³/mol. The summed E-state index contributed by atoms with van der Waals surface area (Å²) in [5, 5.41) is 11.5. The van der Waals surface area contributed by atoms with Crippen molar-refractivity contribution in [2.24, 2.45) is 0 Å². The number of hydrogen-bond donors (Lipinski definition) is 1. The van der Waals surface area contributed by atoms with Gasteiger partial charge in [-0.05, 0) is 29.3 Å². The maximum absolute atomic E-state index is 11.3. The average molecular weight is 443 g/mol. The largest absolute Gasteiger partial charge is 0.481 e. The zero-order valence-electron chi connectivity index (χ0n) is 19.1. The molecule has 5 nitrogen and oxygen atoms in total. The summed E-state index contributed by atoms with van der Waals surface area (Å²) in [7, 11) is -2.67. The van der Waals surface area contributed by atoms with Crippen molar-refractivity contribution in [3.8, 4) is 0 Å². The first-order valence-corrected chi connectivity index (χ1v) is 12.8. The van der Waals surface area contributed by atoms with Gasteiger partial charge < -0.3 is 19.0 Å². The summed E-state index contributed by atoms with van der Waals surface area (Å²) in [5.74, 6) is -1.72. The van der Waals surface area contributed by atoms with Gasteiger partial charge in [-0.3, -0.25) is 4.79 Å². The second-order valence-corrected chi connectivity index (χ2v) is 14.0. The Bertz CT molecular complexity index is 821. The lowest BCUT2D eigenvalue weighted by molar-refractivity contribution is -0.303. The summed E-state index contributed by atoms with van der Waals surface area (Å²) in [4.78, 5) is 11.3. The first-order valence-electron chi connectivity index (χ1n) is 10.9. The van der Waals surface area contributed by atoms with Crippen molar-refractivity contribution in [2.45, 2.75) is 70.5 Å². The summed E-state index contributed by atoms with van der Waals surface area (Å²) in [6.07, 6.45) is -0.181. The molecule has 1 N–H and O–H groups in total. The molecule has 0 bridgehead atoms. The van der Waals surface area contributed by atoms with Crippen molar-refractivity contribution in [1.29, 1.82) is 0 Å². The van der Waals surface area contributed by atoms with Gasteiger partial charge in [0.15, 0.2) is 5.79 Å². The highest BCUT2D eigenvalue weighted by molar-refractivity contribution is 6.99. The van der Waals surface area contributed by atoms with Crippen molar-refractivity contribution < 1.29 is 23.8 Å². The standard InChI is InChI=1S/C25H34O5Si/c1-24(2,3)31(21-12-8-6-9-13-21,22-14-10-7-11-15-22)28-18-20-16-19(17-23(26)27)29-25(4,5)30-20/h6-15,19-20H,16-18H2,1-5H3,(H,26,27)/t19-,20+/m1/s1. The quantitative estimate of drug-likeness (QED) is 0.658. The van der Waals surface area contributed by atoms with E-state index in [0.717, 1.165) is 0 Å². The molecule has 6 heteroatoms. The number of carboxylic acids is 1. The molecule has 0 spiro atoms. The normalized spacial score (nSPS) is 21.6. The Morgan fingerprint density at radius 1 is 1.00 bits per heavy atom. The minimum Gasteiger partial charge on any atom is -0.481 e. The SMILES string of the molecule is CC1(C)O[C@H](CO[Si](c2ccccc2)(c2ccccc2)C(C)(C)C)C[C@H](CC(=O)O)O1. The summed E-state index contributed by atoms with van der Waals surface area (Å²) in [5.41, 5.74) is 0. The molecule has 2 atom stereocenters. The lowest BCUT2D eigenvalue weighted by atomic mass is 10.1. The molecule has 0 radical (unpaired) electrons. The molecule has 31 heavy (non-hydrogen) atoms. The lowest BCUT2D eigenvalue weighted by Gasteiger charge is -2.45. The van der Waals surface area contributed by atoms with E-state index in [-0.39, 0.29) is 17.6 Å². The van der Waals surface area contributed by atoms with E-state index in [4.69, 9.17) is 13.9 Å². The molecule has 0 unspecified atom stereocenters.